The minimum absolute atomic E-state index is 0.112. The second kappa shape index (κ2) is 7.87. The summed E-state index contributed by atoms with van der Waals surface area (Å²) in [4.78, 5) is 16.8. The van der Waals surface area contributed by atoms with E-state index in [1.54, 1.807) is 11.8 Å². The van der Waals surface area contributed by atoms with Crippen molar-refractivity contribution in [3.05, 3.63) is 65.9 Å². The van der Waals surface area contributed by atoms with Gasteiger partial charge in [0.25, 0.3) is 5.91 Å². The zero-order chi connectivity index (χ0) is 19.4. The first-order chi connectivity index (χ1) is 12.9. The van der Waals surface area contributed by atoms with E-state index in [9.17, 15) is 23.1 Å². The van der Waals surface area contributed by atoms with Gasteiger partial charge in [-0.15, -0.1) is 11.8 Å². The Kier molecular flexibility index (Phi) is 5.55. The molecule has 0 aliphatic carbocycles. The molecule has 3 rings (SSSR count). The molecule has 1 aromatic heterocycles. The number of hydrogen-bond donors (Lipinski definition) is 2. The van der Waals surface area contributed by atoms with Gasteiger partial charge in [0, 0.05) is 22.6 Å². The number of carbonyl (C=O) groups is 1. The summed E-state index contributed by atoms with van der Waals surface area (Å²) in [6.07, 6.45) is -4.63. The SMILES string of the molecule is O=C(NCCSc1ccccc1)c1ccc2ccc(C(F)(F)F)nc2c1O. The van der Waals surface area contributed by atoms with Gasteiger partial charge in [-0.3, -0.25) is 4.79 Å². The van der Waals surface area contributed by atoms with Crippen molar-refractivity contribution in [2.75, 3.05) is 12.3 Å². The van der Waals surface area contributed by atoms with E-state index in [0.717, 1.165) is 11.0 Å². The second-order valence-corrected chi connectivity index (χ2v) is 6.81. The van der Waals surface area contributed by atoms with Gasteiger partial charge in [-0.25, -0.2) is 4.98 Å². The number of thioether (sulfide) groups is 1. The number of carbonyl (C=O) groups excluding carboxylic acids is 1. The van der Waals surface area contributed by atoms with Gasteiger partial charge in [0.2, 0.25) is 0 Å². The molecule has 0 unspecified atom stereocenters. The number of nitrogens with zero attached hydrogens (tertiary/aromatic N) is 1. The first-order valence-corrected chi connectivity index (χ1v) is 9.01. The lowest BCUT2D eigenvalue weighted by molar-refractivity contribution is -0.140. The van der Waals surface area contributed by atoms with Gasteiger partial charge in [-0.05, 0) is 24.3 Å². The van der Waals surface area contributed by atoms with Crippen LogP contribution in [0.3, 0.4) is 0 Å². The largest absolute Gasteiger partial charge is 0.505 e. The fourth-order valence-electron chi connectivity index (χ4n) is 2.46. The lowest BCUT2D eigenvalue weighted by Gasteiger charge is -2.11. The summed E-state index contributed by atoms with van der Waals surface area (Å²) in [5.41, 5.74) is -1.49. The molecule has 1 heterocycles. The molecule has 140 valence electrons. The van der Waals surface area contributed by atoms with Crippen molar-refractivity contribution >= 4 is 28.6 Å². The van der Waals surface area contributed by atoms with Crippen molar-refractivity contribution in [3.8, 4) is 5.75 Å². The van der Waals surface area contributed by atoms with Gasteiger partial charge >= 0.3 is 6.18 Å². The summed E-state index contributed by atoms with van der Waals surface area (Å²) in [6.45, 7) is 0.339. The van der Waals surface area contributed by atoms with Crippen LogP contribution in [-0.4, -0.2) is 28.3 Å². The van der Waals surface area contributed by atoms with Crippen LogP contribution in [0, 0.1) is 0 Å². The summed E-state index contributed by atoms with van der Waals surface area (Å²) in [7, 11) is 0. The van der Waals surface area contributed by atoms with Crippen LogP contribution in [0.2, 0.25) is 0 Å². The van der Waals surface area contributed by atoms with Crippen LogP contribution in [0.25, 0.3) is 10.9 Å². The van der Waals surface area contributed by atoms with Crippen LogP contribution in [0.1, 0.15) is 16.1 Å². The summed E-state index contributed by atoms with van der Waals surface area (Å²) in [6, 6.07) is 14.5. The monoisotopic (exact) mass is 392 g/mol. The van der Waals surface area contributed by atoms with E-state index in [1.807, 2.05) is 30.3 Å². The predicted molar refractivity (Wildman–Crippen MR) is 97.9 cm³/mol. The maximum absolute atomic E-state index is 12.8. The Labute approximate surface area is 157 Å². The van der Waals surface area contributed by atoms with E-state index < -0.39 is 23.5 Å². The number of rotatable bonds is 5. The van der Waals surface area contributed by atoms with E-state index in [1.165, 1.54) is 18.2 Å². The number of halogens is 3. The molecule has 1 amide bonds. The van der Waals surface area contributed by atoms with Crippen molar-refractivity contribution in [2.24, 2.45) is 0 Å². The Bertz CT molecular complexity index is 962. The molecule has 0 spiro atoms. The minimum atomic E-state index is -4.63. The van der Waals surface area contributed by atoms with Crippen molar-refractivity contribution in [3.63, 3.8) is 0 Å². The number of phenolic OH excluding ortho intramolecular Hbond substituents is 1. The van der Waals surface area contributed by atoms with Crippen LogP contribution in [0.15, 0.2) is 59.5 Å². The number of aromatic hydroxyl groups is 1. The molecule has 0 aliphatic heterocycles. The number of phenols is 1. The molecule has 8 heteroatoms. The van der Waals surface area contributed by atoms with Gasteiger partial charge < -0.3 is 10.4 Å². The molecule has 2 aromatic carbocycles. The lowest BCUT2D eigenvalue weighted by Crippen LogP contribution is -2.25. The topological polar surface area (TPSA) is 62.2 Å². The Morgan fingerprint density at radius 1 is 1.07 bits per heavy atom. The summed E-state index contributed by atoms with van der Waals surface area (Å²) in [5.74, 6) is -0.519. The third kappa shape index (κ3) is 4.51. The van der Waals surface area contributed by atoms with Crippen molar-refractivity contribution in [1.82, 2.24) is 10.3 Å². The Morgan fingerprint density at radius 2 is 1.78 bits per heavy atom. The van der Waals surface area contributed by atoms with E-state index in [-0.39, 0.29) is 11.1 Å². The van der Waals surface area contributed by atoms with Crippen LogP contribution >= 0.6 is 11.8 Å². The van der Waals surface area contributed by atoms with Crippen molar-refractivity contribution in [2.45, 2.75) is 11.1 Å². The Balaban J connectivity index is 1.71. The van der Waals surface area contributed by atoms with Crippen LogP contribution in [-0.2, 0) is 6.18 Å². The standard InChI is InChI=1S/C19H15F3N2O2S/c20-19(21,22)15-9-7-12-6-8-14(17(25)16(12)24-15)18(26)23-10-11-27-13-4-2-1-3-5-13/h1-9,25H,10-11H2,(H,23,26). The number of aromatic nitrogens is 1. The number of pyridine rings is 1. The van der Waals surface area contributed by atoms with Crippen LogP contribution in [0.5, 0.6) is 5.75 Å². The lowest BCUT2D eigenvalue weighted by atomic mass is 10.1. The quantitative estimate of drug-likeness (QED) is 0.496. The third-order valence-corrected chi connectivity index (χ3v) is 4.78. The Hall–Kier alpha value is -2.74. The van der Waals surface area contributed by atoms with Gasteiger partial charge in [-0.2, -0.15) is 13.2 Å². The van der Waals surface area contributed by atoms with E-state index in [0.29, 0.717) is 17.7 Å². The number of fused-ring (bicyclic) bond motifs is 1. The highest BCUT2D eigenvalue weighted by Crippen LogP contribution is 2.33. The molecule has 3 aromatic rings. The molecule has 2 N–H and O–H groups in total. The van der Waals surface area contributed by atoms with E-state index >= 15 is 0 Å². The summed E-state index contributed by atoms with van der Waals surface area (Å²) >= 11 is 1.55. The number of hydrogen-bond acceptors (Lipinski definition) is 4. The first kappa shape index (κ1) is 19.0. The molecule has 0 bridgehead atoms. The molecular weight excluding hydrogens is 377 g/mol. The zero-order valence-electron chi connectivity index (χ0n) is 14.0. The predicted octanol–water partition coefficient (Wildman–Crippen LogP) is 4.48. The highest BCUT2D eigenvalue weighted by molar-refractivity contribution is 7.99. The summed E-state index contributed by atoms with van der Waals surface area (Å²) in [5, 5.41) is 13.2. The number of nitrogens with one attached hydrogen (secondary N) is 1. The number of alkyl halides is 3. The van der Waals surface area contributed by atoms with E-state index in [4.69, 9.17) is 0 Å². The van der Waals surface area contributed by atoms with Gasteiger partial charge in [-0.1, -0.05) is 30.3 Å². The van der Waals surface area contributed by atoms with Gasteiger partial charge in [0.1, 0.15) is 11.2 Å². The third-order valence-electron chi connectivity index (χ3n) is 3.77. The van der Waals surface area contributed by atoms with Gasteiger partial charge in [0.05, 0.1) is 5.56 Å². The molecule has 0 atom stereocenters. The smallest absolute Gasteiger partial charge is 0.433 e. The molecule has 0 fully saturated rings. The molecule has 4 nitrogen and oxygen atoms in total. The van der Waals surface area contributed by atoms with E-state index in [2.05, 4.69) is 10.3 Å². The maximum Gasteiger partial charge on any atom is 0.433 e. The average Bonchev–Trinajstić information content (AvgIpc) is 2.65. The maximum atomic E-state index is 12.8. The molecule has 0 radical (unpaired) electrons. The highest BCUT2D eigenvalue weighted by atomic mass is 32.2. The normalized spacial score (nSPS) is 11.5. The molecule has 0 aliphatic rings. The molecule has 27 heavy (non-hydrogen) atoms. The van der Waals surface area contributed by atoms with Gasteiger partial charge in [0.15, 0.2) is 5.75 Å². The minimum Gasteiger partial charge on any atom is -0.505 e. The van der Waals surface area contributed by atoms with Crippen molar-refractivity contribution in [1.29, 1.82) is 0 Å². The fraction of sp³-hybridized carbons (Fsp3) is 0.158. The van der Waals surface area contributed by atoms with Crippen molar-refractivity contribution < 1.29 is 23.1 Å². The number of benzene rings is 2. The first-order valence-electron chi connectivity index (χ1n) is 8.02. The second-order valence-electron chi connectivity index (χ2n) is 5.65. The molecule has 0 saturated heterocycles. The molecular formula is C19H15F3N2O2S. The highest BCUT2D eigenvalue weighted by Gasteiger charge is 2.33. The summed E-state index contributed by atoms with van der Waals surface area (Å²) < 4.78 is 38.5. The van der Waals surface area contributed by atoms with Crippen LogP contribution < -0.4 is 5.32 Å². The Morgan fingerprint density at radius 3 is 2.48 bits per heavy atom. The van der Waals surface area contributed by atoms with Crippen LogP contribution in [0.4, 0.5) is 13.2 Å². The average molecular weight is 392 g/mol. The molecule has 0 saturated carbocycles. The fourth-order valence-corrected chi connectivity index (χ4v) is 3.25. The number of amides is 1. The zero-order valence-corrected chi connectivity index (χ0v) is 14.8.